The zero-order chi connectivity index (χ0) is 13.7. The summed E-state index contributed by atoms with van der Waals surface area (Å²) < 4.78 is 7.21. The zero-order valence-corrected chi connectivity index (χ0v) is 11.8. The number of rotatable bonds is 7. The normalized spacial score (nSPS) is 18.6. The Balaban J connectivity index is 1.81. The third-order valence-electron chi connectivity index (χ3n) is 3.60. The molecule has 0 aliphatic carbocycles. The first kappa shape index (κ1) is 14.1. The number of carbonyl (C=O) groups is 1. The number of nitrogens with zero attached hydrogens (tertiary/aromatic N) is 2. The summed E-state index contributed by atoms with van der Waals surface area (Å²) in [7, 11) is 0. The molecule has 0 saturated carbocycles. The first-order chi connectivity index (χ1) is 9.13. The molecule has 5 heteroatoms. The fraction of sp³-hybridized carbons (Fsp3) is 0.714. The van der Waals surface area contributed by atoms with Gasteiger partial charge in [0.15, 0.2) is 0 Å². The predicted octanol–water partition coefficient (Wildman–Crippen LogP) is 1.77. The molecule has 1 aromatic heterocycles. The van der Waals surface area contributed by atoms with Gasteiger partial charge >= 0.3 is 0 Å². The van der Waals surface area contributed by atoms with E-state index in [9.17, 15) is 4.79 Å². The number of imidazole rings is 1. The van der Waals surface area contributed by atoms with Gasteiger partial charge in [-0.15, -0.1) is 0 Å². The van der Waals surface area contributed by atoms with Crippen LogP contribution in [0, 0.1) is 5.41 Å². The number of hydrogen-bond acceptors (Lipinski definition) is 3. The molecule has 1 aliphatic rings. The average Bonchev–Trinajstić information content (AvgIpc) is 2.87. The minimum absolute atomic E-state index is 0.111. The highest BCUT2D eigenvalue weighted by molar-refractivity contribution is 5.76. The van der Waals surface area contributed by atoms with E-state index in [-0.39, 0.29) is 17.4 Å². The van der Waals surface area contributed by atoms with Crippen molar-refractivity contribution in [2.24, 2.45) is 5.41 Å². The van der Waals surface area contributed by atoms with E-state index in [4.69, 9.17) is 4.74 Å². The maximum Gasteiger partial charge on any atom is 0.222 e. The van der Waals surface area contributed by atoms with Gasteiger partial charge in [-0.1, -0.05) is 20.3 Å². The Morgan fingerprint density at radius 3 is 2.89 bits per heavy atom. The Labute approximate surface area is 114 Å². The molecule has 5 nitrogen and oxygen atoms in total. The largest absolute Gasteiger partial charge is 0.380 e. The number of aromatic nitrogens is 2. The molecular weight excluding hydrogens is 242 g/mol. The van der Waals surface area contributed by atoms with Crippen molar-refractivity contribution in [3.8, 4) is 0 Å². The maximum absolute atomic E-state index is 12.0. The van der Waals surface area contributed by atoms with E-state index in [1.165, 1.54) is 0 Å². The molecule has 0 radical (unpaired) electrons. The molecule has 0 spiro atoms. The summed E-state index contributed by atoms with van der Waals surface area (Å²) in [6, 6.07) is 0.206. The van der Waals surface area contributed by atoms with Gasteiger partial charge in [-0.3, -0.25) is 4.79 Å². The van der Waals surface area contributed by atoms with Gasteiger partial charge in [0, 0.05) is 36.8 Å². The van der Waals surface area contributed by atoms with Gasteiger partial charge in [0.25, 0.3) is 0 Å². The summed E-state index contributed by atoms with van der Waals surface area (Å²) in [5.41, 5.74) is 0.130. The molecule has 2 rings (SSSR count). The lowest BCUT2D eigenvalue weighted by Crippen LogP contribution is -2.48. The Hall–Kier alpha value is -1.36. The third kappa shape index (κ3) is 3.80. The highest BCUT2D eigenvalue weighted by atomic mass is 16.5. The molecule has 1 unspecified atom stereocenters. The number of ether oxygens (including phenoxy) is 1. The smallest absolute Gasteiger partial charge is 0.222 e. The van der Waals surface area contributed by atoms with Crippen LogP contribution in [0.5, 0.6) is 0 Å². The van der Waals surface area contributed by atoms with E-state index in [1.54, 1.807) is 12.5 Å². The van der Waals surface area contributed by atoms with Crippen LogP contribution in [0.3, 0.4) is 0 Å². The first-order valence-corrected chi connectivity index (χ1v) is 6.95. The first-order valence-electron chi connectivity index (χ1n) is 6.95. The molecule has 1 aliphatic heterocycles. The molecule has 2 heterocycles. The summed E-state index contributed by atoms with van der Waals surface area (Å²) in [5.74, 6) is 0.111. The zero-order valence-electron chi connectivity index (χ0n) is 11.8. The monoisotopic (exact) mass is 265 g/mol. The van der Waals surface area contributed by atoms with Crippen molar-refractivity contribution in [1.82, 2.24) is 14.9 Å². The van der Waals surface area contributed by atoms with Gasteiger partial charge in [-0.05, 0) is 6.42 Å². The minimum Gasteiger partial charge on any atom is -0.380 e. The fourth-order valence-corrected chi connectivity index (χ4v) is 2.33. The summed E-state index contributed by atoms with van der Waals surface area (Å²) in [6.45, 7) is 6.46. The van der Waals surface area contributed by atoms with Crippen LogP contribution in [0.25, 0.3) is 0 Å². The van der Waals surface area contributed by atoms with Crippen molar-refractivity contribution in [2.45, 2.75) is 39.2 Å². The molecule has 1 amide bonds. The van der Waals surface area contributed by atoms with Crippen molar-refractivity contribution in [2.75, 3.05) is 19.8 Å². The Morgan fingerprint density at radius 1 is 1.58 bits per heavy atom. The molecule has 19 heavy (non-hydrogen) atoms. The Morgan fingerprint density at radius 2 is 2.37 bits per heavy atom. The molecule has 1 atom stereocenters. The van der Waals surface area contributed by atoms with E-state index in [2.05, 4.69) is 24.1 Å². The molecule has 106 valence electrons. The van der Waals surface area contributed by atoms with E-state index in [0.29, 0.717) is 13.0 Å². The van der Waals surface area contributed by atoms with Gasteiger partial charge in [0.05, 0.1) is 19.5 Å². The summed E-state index contributed by atoms with van der Waals surface area (Å²) in [5, 5.41) is 3.02. The van der Waals surface area contributed by atoms with Crippen LogP contribution in [0.2, 0.25) is 0 Å². The number of carbonyl (C=O) groups excluding carboxylic acids is 1. The van der Waals surface area contributed by atoms with Crippen molar-refractivity contribution >= 4 is 5.91 Å². The molecule has 1 N–H and O–H groups in total. The van der Waals surface area contributed by atoms with Gasteiger partial charge < -0.3 is 14.6 Å². The van der Waals surface area contributed by atoms with Gasteiger partial charge in [-0.25, -0.2) is 4.98 Å². The number of nitrogens with one attached hydrogen (secondary N) is 1. The molecule has 1 aromatic rings. The second-order valence-corrected chi connectivity index (χ2v) is 5.74. The van der Waals surface area contributed by atoms with Crippen LogP contribution in [0.1, 0.15) is 39.2 Å². The highest BCUT2D eigenvalue weighted by Crippen LogP contribution is 2.25. The molecule has 0 aromatic carbocycles. The van der Waals surface area contributed by atoms with E-state index in [0.717, 1.165) is 26.1 Å². The van der Waals surface area contributed by atoms with Crippen molar-refractivity contribution in [1.29, 1.82) is 0 Å². The van der Waals surface area contributed by atoms with Crippen LogP contribution in [0.15, 0.2) is 18.7 Å². The van der Waals surface area contributed by atoms with E-state index >= 15 is 0 Å². The Bertz CT molecular complexity index is 399. The van der Waals surface area contributed by atoms with Crippen LogP contribution >= 0.6 is 0 Å². The van der Waals surface area contributed by atoms with Gasteiger partial charge in [0.1, 0.15) is 0 Å². The average molecular weight is 265 g/mol. The second kappa shape index (κ2) is 6.19. The van der Waals surface area contributed by atoms with Crippen molar-refractivity contribution in [3.05, 3.63) is 18.7 Å². The van der Waals surface area contributed by atoms with Gasteiger partial charge in [0.2, 0.25) is 5.91 Å². The summed E-state index contributed by atoms with van der Waals surface area (Å²) in [4.78, 5) is 16.1. The van der Waals surface area contributed by atoms with E-state index in [1.807, 2.05) is 10.8 Å². The number of amides is 1. The SMILES string of the molecule is CCCC(CC(=O)NCC1(C)COC1)n1ccnc1. The minimum atomic E-state index is 0.111. The van der Waals surface area contributed by atoms with Crippen LogP contribution in [-0.4, -0.2) is 35.2 Å². The maximum atomic E-state index is 12.0. The second-order valence-electron chi connectivity index (χ2n) is 5.74. The Kier molecular flexibility index (Phi) is 4.58. The van der Waals surface area contributed by atoms with Crippen LogP contribution < -0.4 is 5.32 Å². The quantitative estimate of drug-likeness (QED) is 0.817. The highest BCUT2D eigenvalue weighted by Gasteiger charge is 2.33. The molecule has 0 bridgehead atoms. The van der Waals surface area contributed by atoms with E-state index < -0.39 is 0 Å². The van der Waals surface area contributed by atoms with Crippen LogP contribution in [0.4, 0.5) is 0 Å². The lowest BCUT2D eigenvalue weighted by molar-refractivity contribution is -0.127. The number of hydrogen-bond donors (Lipinski definition) is 1. The van der Waals surface area contributed by atoms with Crippen molar-refractivity contribution in [3.63, 3.8) is 0 Å². The molecule has 1 saturated heterocycles. The molecule has 1 fully saturated rings. The molecular formula is C14H23N3O2. The van der Waals surface area contributed by atoms with Crippen molar-refractivity contribution < 1.29 is 9.53 Å². The van der Waals surface area contributed by atoms with Crippen LogP contribution in [-0.2, 0) is 9.53 Å². The summed E-state index contributed by atoms with van der Waals surface area (Å²) in [6.07, 6.45) is 8.03. The lowest BCUT2D eigenvalue weighted by atomic mass is 9.88. The summed E-state index contributed by atoms with van der Waals surface area (Å²) >= 11 is 0. The lowest BCUT2D eigenvalue weighted by Gasteiger charge is -2.38. The van der Waals surface area contributed by atoms with Gasteiger partial charge in [-0.2, -0.15) is 0 Å². The third-order valence-corrected chi connectivity index (χ3v) is 3.60. The standard InChI is InChI=1S/C14H23N3O2/c1-3-4-12(17-6-5-15-11-17)7-13(18)16-8-14(2)9-19-10-14/h5-6,11-12H,3-4,7-10H2,1-2H3,(H,16,18). The predicted molar refractivity (Wildman–Crippen MR) is 72.7 cm³/mol. The fourth-order valence-electron chi connectivity index (χ4n) is 2.33. The topological polar surface area (TPSA) is 56.1 Å².